The van der Waals surface area contributed by atoms with Crippen LogP contribution in [0.3, 0.4) is 0 Å². The molecule has 0 bridgehead atoms. The molecule has 0 saturated heterocycles. The number of thioether (sulfide) groups is 1. The standard InChI is InChI=1S/C21H22N2O2S/c1-4-16-7-5-6-8-18(16)23-20(24)13-26-21-22-12-19(25-21)17-10-9-14(2)15(3)11-17/h5-12H,4,13H2,1-3H3,(H,23,24). The van der Waals surface area contributed by atoms with Crippen molar-refractivity contribution < 1.29 is 9.21 Å². The number of benzene rings is 2. The van der Waals surface area contributed by atoms with Gasteiger partial charge in [-0.25, -0.2) is 4.98 Å². The largest absolute Gasteiger partial charge is 0.431 e. The number of hydrogen-bond donors (Lipinski definition) is 1. The van der Waals surface area contributed by atoms with Gasteiger partial charge in [-0.15, -0.1) is 0 Å². The second kappa shape index (κ2) is 8.23. The number of oxazole rings is 1. The molecule has 0 aliphatic carbocycles. The van der Waals surface area contributed by atoms with E-state index in [1.165, 1.54) is 22.9 Å². The van der Waals surface area contributed by atoms with E-state index >= 15 is 0 Å². The smallest absolute Gasteiger partial charge is 0.256 e. The fourth-order valence-corrected chi connectivity index (χ4v) is 3.22. The number of amides is 1. The zero-order valence-corrected chi connectivity index (χ0v) is 16.0. The van der Waals surface area contributed by atoms with Crippen molar-refractivity contribution in [2.45, 2.75) is 32.4 Å². The maximum absolute atomic E-state index is 12.2. The number of aryl methyl sites for hydroxylation is 3. The molecule has 0 aliphatic heterocycles. The lowest BCUT2D eigenvalue weighted by Gasteiger charge is -2.08. The van der Waals surface area contributed by atoms with E-state index in [0.29, 0.717) is 11.0 Å². The fraction of sp³-hybridized carbons (Fsp3) is 0.238. The van der Waals surface area contributed by atoms with Crippen molar-refractivity contribution in [2.75, 3.05) is 11.1 Å². The van der Waals surface area contributed by atoms with Gasteiger partial charge in [0.2, 0.25) is 5.91 Å². The van der Waals surface area contributed by atoms with Crippen molar-refractivity contribution in [1.82, 2.24) is 4.98 Å². The summed E-state index contributed by atoms with van der Waals surface area (Å²) >= 11 is 1.29. The average Bonchev–Trinajstić information content (AvgIpc) is 3.12. The molecule has 3 aromatic rings. The first-order valence-corrected chi connectivity index (χ1v) is 9.59. The van der Waals surface area contributed by atoms with E-state index in [9.17, 15) is 4.79 Å². The molecule has 1 heterocycles. The van der Waals surface area contributed by atoms with Gasteiger partial charge in [-0.2, -0.15) is 0 Å². The Labute approximate surface area is 158 Å². The van der Waals surface area contributed by atoms with E-state index in [0.717, 1.165) is 23.2 Å². The Hall–Kier alpha value is -2.53. The van der Waals surface area contributed by atoms with Crippen LogP contribution in [0.5, 0.6) is 0 Å². The average molecular weight is 366 g/mol. The van der Waals surface area contributed by atoms with E-state index < -0.39 is 0 Å². The van der Waals surface area contributed by atoms with Crippen LogP contribution >= 0.6 is 11.8 Å². The van der Waals surface area contributed by atoms with Crippen molar-refractivity contribution in [3.05, 3.63) is 65.4 Å². The van der Waals surface area contributed by atoms with E-state index in [-0.39, 0.29) is 11.7 Å². The van der Waals surface area contributed by atoms with Crippen molar-refractivity contribution in [1.29, 1.82) is 0 Å². The van der Waals surface area contributed by atoms with Gasteiger partial charge in [-0.1, -0.05) is 49.0 Å². The van der Waals surface area contributed by atoms with Gasteiger partial charge in [-0.3, -0.25) is 4.79 Å². The van der Waals surface area contributed by atoms with Crippen LogP contribution in [0.4, 0.5) is 5.69 Å². The van der Waals surface area contributed by atoms with E-state index in [1.54, 1.807) is 6.20 Å². The van der Waals surface area contributed by atoms with E-state index in [4.69, 9.17) is 4.42 Å². The van der Waals surface area contributed by atoms with Gasteiger partial charge in [-0.05, 0) is 49.1 Å². The first kappa shape index (κ1) is 18.3. The number of aromatic nitrogens is 1. The highest BCUT2D eigenvalue weighted by atomic mass is 32.2. The number of nitrogens with one attached hydrogen (secondary N) is 1. The number of rotatable bonds is 6. The Kier molecular flexibility index (Phi) is 5.78. The highest BCUT2D eigenvalue weighted by Gasteiger charge is 2.11. The summed E-state index contributed by atoms with van der Waals surface area (Å²) in [6.07, 6.45) is 2.58. The molecular weight excluding hydrogens is 344 g/mol. The number of carbonyl (C=O) groups excluding carboxylic acids is 1. The third-order valence-corrected chi connectivity index (χ3v) is 5.12. The Bertz CT molecular complexity index is 918. The monoisotopic (exact) mass is 366 g/mol. The summed E-state index contributed by atoms with van der Waals surface area (Å²) in [5.74, 6) is 0.902. The van der Waals surface area contributed by atoms with Crippen molar-refractivity contribution in [3.63, 3.8) is 0 Å². The van der Waals surface area contributed by atoms with Gasteiger partial charge < -0.3 is 9.73 Å². The van der Waals surface area contributed by atoms with Crippen molar-refractivity contribution in [2.24, 2.45) is 0 Å². The topological polar surface area (TPSA) is 55.1 Å². The van der Waals surface area contributed by atoms with Crippen LogP contribution in [0.15, 0.2) is 58.3 Å². The third-order valence-electron chi connectivity index (χ3n) is 4.27. The maximum atomic E-state index is 12.2. The van der Waals surface area contributed by atoms with E-state index in [2.05, 4.69) is 43.2 Å². The number of para-hydroxylation sites is 1. The van der Waals surface area contributed by atoms with Gasteiger partial charge >= 0.3 is 0 Å². The van der Waals surface area contributed by atoms with Gasteiger partial charge in [0.25, 0.3) is 5.22 Å². The molecule has 4 nitrogen and oxygen atoms in total. The van der Waals surface area contributed by atoms with E-state index in [1.807, 2.05) is 30.3 Å². The molecule has 26 heavy (non-hydrogen) atoms. The minimum atomic E-state index is -0.0677. The Balaban J connectivity index is 1.61. The van der Waals surface area contributed by atoms with Gasteiger partial charge in [0.1, 0.15) is 0 Å². The molecule has 0 unspecified atom stereocenters. The quantitative estimate of drug-likeness (QED) is 0.605. The number of nitrogens with zero attached hydrogens (tertiary/aromatic N) is 1. The number of hydrogen-bond acceptors (Lipinski definition) is 4. The van der Waals surface area contributed by atoms with Crippen LogP contribution in [0, 0.1) is 13.8 Å². The second-order valence-electron chi connectivity index (χ2n) is 6.14. The summed E-state index contributed by atoms with van der Waals surface area (Å²) in [4.78, 5) is 16.5. The molecule has 2 aromatic carbocycles. The first-order chi connectivity index (χ1) is 12.6. The SMILES string of the molecule is CCc1ccccc1NC(=O)CSc1ncc(-c2ccc(C)c(C)c2)o1. The molecule has 1 aromatic heterocycles. The predicted molar refractivity (Wildman–Crippen MR) is 107 cm³/mol. The molecule has 0 aliphatic rings. The van der Waals surface area contributed by atoms with Crippen LogP contribution in [0.1, 0.15) is 23.6 Å². The lowest BCUT2D eigenvalue weighted by molar-refractivity contribution is -0.113. The number of anilines is 1. The summed E-state index contributed by atoms with van der Waals surface area (Å²) in [6, 6.07) is 14.0. The molecular formula is C21H22N2O2S. The van der Waals surface area contributed by atoms with Gasteiger partial charge in [0, 0.05) is 11.3 Å². The molecule has 0 atom stereocenters. The molecule has 0 radical (unpaired) electrons. The summed E-state index contributed by atoms with van der Waals surface area (Å²) in [5, 5.41) is 3.45. The number of carbonyl (C=O) groups is 1. The van der Waals surface area contributed by atoms with Crippen LogP contribution < -0.4 is 5.32 Å². The highest BCUT2D eigenvalue weighted by molar-refractivity contribution is 7.99. The predicted octanol–water partition coefficient (Wildman–Crippen LogP) is 5.25. The third kappa shape index (κ3) is 4.35. The van der Waals surface area contributed by atoms with Crippen molar-refractivity contribution >= 4 is 23.4 Å². The Morgan fingerprint density at radius 2 is 1.96 bits per heavy atom. The molecule has 5 heteroatoms. The summed E-state index contributed by atoms with van der Waals surface area (Å²) in [6.45, 7) is 6.22. The highest BCUT2D eigenvalue weighted by Crippen LogP contribution is 2.27. The Morgan fingerprint density at radius 1 is 1.15 bits per heavy atom. The molecule has 1 N–H and O–H groups in total. The van der Waals surface area contributed by atoms with Gasteiger partial charge in [0.05, 0.1) is 11.9 Å². The molecule has 3 rings (SSSR count). The molecule has 134 valence electrons. The minimum absolute atomic E-state index is 0.0677. The normalized spacial score (nSPS) is 10.7. The molecule has 0 fully saturated rings. The molecule has 0 spiro atoms. The van der Waals surface area contributed by atoms with Crippen LogP contribution in [-0.4, -0.2) is 16.6 Å². The molecule has 0 saturated carbocycles. The zero-order valence-electron chi connectivity index (χ0n) is 15.2. The van der Waals surface area contributed by atoms with Crippen LogP contribution in [-0.2, 0) is 11.2 Å². The second-order valence-corrected chi connectivity index (χ2v) is 7.06. The first-order valence-electron chi connectivity index (χ1n) is 8.61. The van der Waals surface area contributed by atoms with Gasteiger partial charge in [0.15, 0.2) is 5.76 Å². The summed E-state index contributed by atoms with van der Waals surface area (Å²) in [7, 11) is 0. The lowest BCUT2D eigenvalue weighted by atomic mass is 10.1. The van der Waals surface area contributed by atoms with Crippen LogP contribution in [0.2, 0.25) is 0 Å². The summed E-state index contributed by atoms with van der Waals surface area (Å²) in [5.41, 5.74) is 5.44. The molecule has 1 amide bonds. The van der Waals surface area contributed by atoms with Crippen LogP contribution in [0.25, 0.3) is 11.3 Å². The Morgan fingerprint density at radius 3 is 2.73 bits per heavy atom. The fourth-order valence-electron chi connectivity index (χ4n) is 2.62. The van der Waals surface area contributed by atoms with Crippen molar-refractivity contribution in [3.8, 4) is 11.3 Å². The minimum Gasteiger partial charge on any atom is -0.431 e. The summed E-state index contributed by atoms with van der Waals surface area (Å²) < 4.78 is 5.78. The maximum Gasteiger partial charge on any atom is 0.256 e. The zero-order chi connectivity index (χ0) is 18.5. The lowest BCUT2D eigenvalue weighted by Crippen LogP contribution is -2.15.